The number of anilines is 2. The summed E-state index contributed by atoms with van der Waals surface area (Å²) < 4.78 is 33.3. The average molecular weight is 556 g/mol. The maximum atomic E-state index is 14.7. The Morgan fingerprint density at radius 1 is 1.05 bits per heavy atom. The van der Waals surface area contributed by atoms with E-state index < -0.39 is 23.6 Å². The molecule has 1 aliphatic rings. The van der Waals surface area contributed by atoms with Crippen LogP contribution in [0.5, 0.6) is 11.6 Å². The first kappa shape index (κ1) is 27.8. The van der Waals surface area contributed by atoms with E-state index >= 15 is 0 Å². The van der Waals surface area contributed by atoms with Crippen molar-refractivity contribution in [3.8, 4) is 11.6 Å². The smallest absolute Gasteiger partial charge is 0.320 e. The molecule has 3 aromatic rings. The Balaban J connectivity index is 1.28. The molecule has 1 aromatic heterocycles. The van der Waals surface area contributed by atoms with Gasteiger partial charge in [-0.3, -0.25) is 10.1 Å². The highest BCUT2D eigenvalue weighted by atomic mass is 32.1. The molecule has 3 amide bonds. The van der Waals surface area contributed by atoms with Crippen LogP contribution in [-0.4, -0.2) is 58.1 Å². The number of hydrogen-bond acceptors (Lipinski definition) is 7. The standard InChI is InChI=1S/C26H27F2N7O3S/c1-35-10-8-18(9-11-35)31-25(37)33-22-14-24(30-15-29-22)38-21-7-6-19(13-20(21)28)32-26(39)34-23(36)12-16-2-4-17(27)5-3-16/h2-7,13-15,18H,8-12H2,1H3,(H2,32,34,36,39)(H2,29,30,31,33,37). The topological polar surface area (TPSA) is 121 Å². The quantitative estimate of drug-likeness (QED) is 0.325. The minimum absolute atomic E-state index is 0.00114. The zero-order valence-corrected chi connectivity index (χ0v) is 21.9. The van der Waals surface area contributed by atoms with Gasteiger partial charge in [-0.2, -0.15) is 0 Å². The summed E-state index contributed by atoms with van der Waals surface area (Å²) in [5, 5.41) is 10.7. The highest BCUT2D eigenvalue weighted by molar-refractivity contribution is 7.80. The summed E-state index contributed by atoms with van der Waals surface area (Å²) in [5.41, 5.74) is 0.896. The molecule has 2 heterocycles. The van der Waals surface area contributed by atoms with Gasteiger partial charge in [0.05, 0.1) is 6.42 Å². The molecule has 1 aliphatic heterocycles. The number of piperidine rings is 1. The van der Waals surface area contributed by atoms with Crippen LogP contribution in [0.4, 0.5) is 25.1 Å². The molecule has 2 aromatic carbocycles. The van der Waals surface area contributed by atoms with E-state index in [4.69, 9.17) is 17.0 Å². The number of nitrogens with zero attached hydrogens (tertiary/aromatic N) is 3. The van der Waals surface area contributed by atoms with Crippen molar-refractivity contribution < 1.29 is 23.1 Å². The normalized spacial score (nSPS) is 13.8. The third-order valence-electron chi connectivity index (χ3n) is 5.87. The van der Waals surface area contributed by atoms with E-state index in [1.807, 2.05) is 7.05 Å². The molecule has 0 bridgehead atoms. The lowest BCUT2D eigenvalue weighted by atomic mass is 10.1. The predicted octanol–water partition coefficient (Wildman–Crippen LogP) is 3.82. The van der Waals surface area contributed by atoms with Gasteiger partial charge < -0.3 is 25.6 Å². The number of carbonyl (C=O) groups is 2. The number of urea groups is 1. The highest BCUT2D eigenvalue weighted by Gasteiger charge is 2.19. The van der Waals surface area contributed by atoms with Crippen LogP contribution < -0.4 is 26.0 Å². The third kappa shape index (κ3) is 8.65. The maximum absolute atomic E-state index is 14.7. The van der Waals surface area contributed by atoms with Crippen molar-refractivity contribution in [3.05, 3.63) is 72.1 Å². The lowest BCUT2D eigenvalue weighted by Gasteiger charge is -2.29. The van der Waals surface area contributed by atoms with Crippen LogP contribution >= 0.6 is 12.2 Å². The molecule has 0 spiro atoms. The van der Waals surface area contributed by atoms with Gasteiger partial charge in [-0.15, -0.1) is 0 Å². The number of halogens is 2. The van der Waals surface area contributed by atoms with E-state index in [1.165, 1.54) is 48.8 Å². The molecule has 0 saturated carbocycles. The summed E-state index contributed by atoms with van der Waals surface area (Å²) in [4.78, 5) is 34.7. The molecule has 4 rings (SSSR count). The number of hydrogen-bond donors (Lipinski definition) is 4. The third-order valence-corrected chi connectivity index (χ3v) is 6.08. The number of aromatic nitrogens is 2. The summed E-state index contributed by atoms with van der Waals surface area (Å²) in [6.07, 6.45) is 2.92. The minimum Gasteiger partial charge on any atom is -0.436 e. The van der Waals surface area contributed by atoms with E-state index in [9.17, 15) is 18.4 Å². The maximum Gasteiger partial charge on any atom is 0.320 e. The number of rotatable bonds is 7. The van der Waals surface area contributed by atoms with Gasteiger partial charge in [0.25, 0.3) is 0 Å². The summed E-state index contributed by atoms with van der Waals surface area (Å²) in [7, 11) is 2.04. The lowest BCUT2D eigenvalue weighted by molar-refractivity contribution is -0.119. The summed E-state index contributed by atoms with van der Waals surface area (Å²) in [6.45, 7) is 1.82. The van der Waals surface area contributed by atoms with Crippen LogP contribution in [0.1, 0.15) is 18.4 Å². The SMILES string of the molecule is CN1CCC(NC(=O)Nc2cc(Oc3ccc(NC(=S)NC(=O)Cc4ccc(F)cc4)cc3F)ncn2)CC1. The summed E-state index contributed by atoms with van der Waals surface area (Å²) in [5.74, 6) is -1.41. The van der Waals surface area contributed by atoms with E-state index in [0.717, 1.165) is 32.0 Å². The van der Waals surface area contributed by atoms with Gasteiger partial charge in [-0.1, -0.05) is 12.1 Å². The van der Waals surface area contributed by atoms with E-state index in [-0.39, 0.29) is 40.7 Å². The van der Waals surface area contributed by atoms with E-state index in [0.29, 0.717) is 5.56 Å². The molecule has 0 aliphatic carbocycles. The van der Waals surface area contributed by atoms with Crippen molar-refractivity contribution in [3.63, 3.8) is 0 Å². The number of amides is 3. The molecule has 0 atom stereocenters. The van der Waals surface area contributed by atoms with Crippen molar-refractivity contribution in [2.24, 2.45) is 0 Å². The Bertz CT molecular complexity index is 1340. The van der Waals surface area contributed by atoms with Crippen molar-refractivity contribution in [2.75, 3.05) is 30.8 Å². The molecular weight excluding hydrogens is 528 g/mol. The van der Waals surface area contributed by atoms with Crippen LogP contribution in [0.3, 0.4) is 0 Å². The van der Waals surface area contributed by atoms with Gasteiger partial charge in [0.15, 0.2) is 16.7 Å². The van der Waals surface area contributed by atoms with Gasteiger partial charge in [-0.25, -0.2) is 23.5 Å². The average Bonchev–Trinajstić information content (AvgIpc) is 2.88. The Morgan fingerprint density at radius 2 is 1.79 bits per heavy atom. The predicted molar refractivity (Wildman–Crippen MR) is 146 cm³/mol. The first-order chi connectivity index (χ1) is 18.7. The fourth-order valence-electron chi connectivity index (χ4n) is 3.85. The van der Waals surface area contributed by atoms with Crippen LogP contribution in [0.2, 0.25) is 0 Å². The molecule has 10 nitrogen and oxygen atoms in total. The van der Waals surface area contributed by atoms with Crippen molar-refractivity contribution in [2.45, 2.75) is 25.3 Å². The zero-order valence-electron chi connectivity index (χ0n) is 21.0. The molecule has 204 valence electrons. The van der Waals surface area contributed by atoms with Crippen molar-refractivity contribution >= 4 is 40.8 Å². The zero-order chi connectivity index (χ0) is 27.8. The van der Waals surface area contributed by atoms with Crippen LogP contribution in [0.15, 0.2) is 54.9 Å². The second kappa shape index (κ2) is 13.0. The van der Waals surface area contributed by atoms with Crippen LogP contribution in [0.25, 0.3) is 0 Å². The molecular formula is C26H27F2N7O3S. The monoisotopic (exact) mass is 555 g/mol. The lowest BCUT2D eigenvalue weighted by Crippen LogP contribution is -2.44. The second-order valence-electron chi connectivity index (χ2n) is 8.97. The molecule has 39 heavy (non-hydrogen) atoms. The second-order valence-corrected chi connectivity index (χ2v) is 9.38. The van der Waals surface area contributed by atoms with Gasteiger partial charge in [-0.05, 0) is 75.0 Å². The van der Waals surface area contributed by atoms with Crippen LogP contribution in [-0.2, 0) is 11.2 Å². The number of ether oxygens (including phenoxy) is 1. The summed E-state index contributed by atoms with van der Waals surface area (Å²) in [6, 6.07) is 10.6. The van der Waals surface area contributed by atoms with E-state index in [1.54, 1.807) is 0 Å². The number of nitrogens with one attached hydrogen (secondary N) is 4. The molecule has 1 fully saturated rings. The minimum atomic E-state index is -0.714. The first-order valence-corrected chi connectivity index (χ1v) is 12.5. The highest BCUT2D eigenvalue weighted by Crippen LogP contribution is 2.26. The number of benzene rings is 2. The molecule has 1 saturated heterocycles. The molecule has 0 unspecified atom stereocenters. The molecule has 13 heteroatoms. The first-order valence-electron chi connectivity index (χ1n) is 12.1. The number of thiocarbonyl (C=S) groups is 1. The van der Waals surface area contributed by atoms with Crippen molar-refractivity contribution in [1.29, 1.82) is 0 Å². The largest absolute Gasteiger partial charge is 0.436 e. The van der Waals surface area contributed by atoms with Gasteiger partial charge in [0, 0.05) is 23.9 Å². The Hall–Kier alpha value is -4.23. The van der Waals surface area contributed by atoms with Gasteiger partial charge in [0.1, 0.15) is 18.0 Å². The number of carbonyl (C=O) groups excluding carboxylic acids is 2. The summed E-state index contributed by atoms with van der Waals surface area (Å²) >= 11 is 5.12. The van der Waals surface area contributed by atoms with Gasteiger partial charge >= 0.3 is 6.03 Å². The Kier molecular flexibility index (Phi) is 9.28. The Labute approximate surface area is 229 Å². The fraction of sp³-hybridized carbons (Fsp3) is 0.269. The molecule has 0 radical (unpaired) electrons. The number of likely N-dealkylation sites (tertiary alicyclic amines) is 1. The van der Waals surface area contributed by atoms with E-state index in [2.05, 4.69) is 36.1 Å². The molecule has 4 N–H and O–H groups in total. The van der Waals surface area contributed by atoms with Crippen molar-refractivity contribution in [1.82, 2.24) is 25.5 Å². The Morgan fingerprint density at radius 3 is 2.51 bits per heavy atom. The van der Waals surface area contributed by atoms with Gasteiger partial charge in [0.2, 0.25) is 11.8 Å². The van der Waals surface area contributed by atoms with Crippen LogP contribution in [0, 0.1) is 11.6 Å². The fourth-order valence-corrected chi connectivity index (χ4v) is 4.08.